The van der Waals surface area contributed by atoms with Crippen molar-refractivity contribution in [2.45, 2.75) is 52.2 Å². The first-order valence-corrected chi connectivity index (χ1v) is 14.0. The fraction of sp³-hybridized carbons (Fsp3) is 0.370. The highest BCUT2D eigenvalue weighted by atomic mass is 79.9. The largest absolute Gasteiger partial charge is 0.493 e. The molecule has 4 rings (SSSR count). The number of nitrogens with one attached hydrogen (secondary N) is 2. The van der Waals surface area contributed by atoms with E-state index in [1.165, 1.54) is 0 Å². The number of amides is 1. The molecule has 1 aliphatic heterocycles. The SMILES string of the molecule is CCCOc1c(Br)cc(C2C(C(=O)Nc3cccc(C)c3C)=C(C)Nc3nc(SCC)nn32)cc1OC. The molecule has 0 saturated carbocycles. The van der Waals surface area contributed by atoms with Crippen molar-refractivity contribution in [1.82, 2.24) is 14.8 Å². The van der Waals surface area contributed by atoms with Crippen LogP contribution in [0.5, 0.6) is 11.5 Å². The van der Waals surface area contributed by atoms with Crippen molar-refractivity contribution in [2.75, 3.05) is 30.1 Å². The van der Waals surface area contributed by atoms with Crippen molar-refractivity contribution < 1.29 is 14.3 Å². The minimum Gasteiger partial charge on any atom is -0.493 e. The summed E-state index contributed by atoms with van der Waals surface area (Å²) < 4.78 is 14.2. The molecule has 1 aromatic heterocycles. The molecule has 0 aliphatic carbocycles. The van der Waals surface area contributed by atoms with Gasteiger partial charge in [0.25, 0.3) is 5.91 Å². The number of aryl methyl sites for hydroxylation is 1. The molecule has 2 heterocycles. The van der Waals surface area contributed by atoms with Gasteiger partial charge in [-0.2, -0.15) is 4.98 Å². The van der Waals surface area contributed by atoms with Crippen LogP contribution in [0, 0.1) is 13.8 Å². The van der Waals surface area contributed by atoms with Gasteiger partial charge in [0.2, 0.25) is 11.1 Å². The number of rotatable bonds is 9. The number of thioether (sulfide) groups is 1. The van der Waals surface area contributed by atoms with E-state index >= 15 is 0 Å². The van der Waals surface area contributed by atoms with Gasteiger partial charge in [-0.3, -0.25) is 4.79 Å². The van der Waals surface area contributed by atoms with E-state index < -0.39 is 6.04 Å². The molecule has 8 nitrogen and oxygen atoms in total. The zero-order chi connectivity index (χ0) is 26.7. The summed E-state index contributed by atoms with van der Waals surface area (Å²) in [5, 5.41) is 11.8. The van der Waals surface area contributed by atoms with Crippen LogP contribution in [-0.4, -0.2) is 40.1 Å². The van der Waals surface area contributed by atoms with Gasteiger partial charge in [0.1, 0.15) is 6.04 Å². The van der Waals surface area contributed by atoms with Crippen LogP contribution in [0.25, 0.3) is 0 Å². The Hall–Kier alpha value is -2.98. The van der Waals surface area contributed by atoms with Crippen LogP contribution in [0.1, 0.15) is 49.9 Å². The Morgan fingerprint density at radius 1 is 1.24 bits per heavy atom. The number of hydrogen-bond acceptors (Lipinski definition) is 7. The second-order valence-corrected chi connectivity index (χ2v) is 10.8. The van der Waals surface area contributed by atoms with Gasteiger partial charge >= 0.3 is 0 Å². The molecule has 1 unspecified atom stereocenters. The molecular weight excluding hydrogens is 554 g/mol. The van der Waals surface area contributed by atoms with Crippen molar-refractivity contribution in [3.05, 3.63) is 62.8 Å². The van der Waals surface area contributed by atoms with E-state index in [9.17, 15) is 4.79 Å². The molecule has 0 bridgehead atoms. The van der Waals surface area contributed by atoms with Crippen molar-refractivity contribution in [2.24, 2.45) is 0 Å². The average Bonchev–Trinajstić information content (AvgIpc) is 3.26. The molecule has 0 fully saturated rings. The second-order valence-electron chi connectivity index (χ2n) is 8.75. The van der Waals surface area contributed by atoms with Gasteiger partial charge in [0, 0.05) is 11.4 Å². The Morgan fingerprint density at radius 2 is 2.03 bits per heavy atom. The molecule has 196 valence electrons. The van der Waals surface area contributed by atoms with Gasteiger partial charge in [-0.25, -0.2) is 4.68 Å². The number of methoxy groups -OCH3 is 1. The molecule has 0 radical (unpaired) electrons. The Labute approximate surface area is 230 Å². The first-order chi connectivity index (χ1) is 17.8. The summed E-state index contributed by atoms with van der Waals surface area (Å²) in [6, 6.07) is 9.21. The first-order valence-electron chi connectivity index (χ1n) is 12.2. The molecule has 2 N–H and O–H groups in total. The lowest BCUT2D eigenvalue weighted by molar-refractivity contribution is -0.113. The molecule has 0 saturated heterocycles. The summed E-state index contributed by atoms with van der Waals surface area (Å²) in [6.45, 7) is 10.6. The number of carbonyl (C=O) groups is 1. The molecule has 37 heavy (non-hydrogen) atoms. The number of benzene rings is 2. The number of ether oxygens (including phenoxy) is 2. The second kappa shape index (κ2) is 11.6. The van der Waals surface area contributed by atoms with Crippen LogP contribution in [0.4, 0.5) is 11.6 Å². The van der Waals surface area contributed by atoms with Crippen LogP contribution in [0.3, 0.4) is 0 Å². The average molecular weight is 587 g/mol. The minimum absolute atomic E-state index is 0.212. The van der Waals surface area contributed by atoms with E-state index in [0.717, 1.165) is 39.0 Å². The number of hydrogen-bond donors (Lipinski definition) is 2. The maximum atomic E-state index is 13.9. The highest BCUT2D eigenvalue weighted by Crippen LogP contribution is 2.43. The number of fused-ring (bicyclic) bond motifs is 1. The van der Waals surface area contributed by atoms with Crippen molar-refractivity contribution in [3.8, 4) is 11.5 Å². The third kappa shape index (κ3) is 5.50. The fourth-order valence-corrected chi connectivity index (χ4v) is 5.37. The number of aromatic nitrogens is 3. The minimum atomic E-state index is -0.537. The third-order valence-electron chi connectivity index (χ3n) is 6.22. The fourth-order valence-electron chi connectivity index (χ4n) is 4.24. The molecule has 1 amide bonds. The van der Waals surface area contributed by atoms with E-state index in [1.54, 1.807) is 23.6 Å². The van der Waals surface area contributed by atoms with Crippen LogP contribution >= 0.6 is 27.7 Å². The third-order valence-corrected chi connectivity index (χ3v) is 7.53. The molecule has 2 aromatic carbocycles. The smallest absolute Gasteiger partial charge is 0.255 e. The maximum Gasteiger partial charge on any atom is 0.255 e. The Kier molecular flexibility index (Phi) is 8.49. The van der Waals surface area contributed by atoms with Gasteiger partial charge in [0.15, 0.2) is 11.5 Å². The summed E-state index contributed by atoms with van der Waals surface area (Å²) in [5.74, 6) is 2.42. The number of nitrogens with zero attached hydrogens (tertiary/aromatic N) is 3. The highest BCUT2D eigenvalue weighted by Gasteiger charge is 2.35. The van der Waals surface area contributed by atoms with Crippen molar-refractivity contribution >= 4 is 45.2 Å². The van der Waals surface area contributed by atoms with Gasteiger partial charge < -0.3 is 20.1 Å². The lowest BCUT2D eigenvalue weighted by atomic mass is 9.94. The standard InChI is InChI=1S/C27H32BrN5O3S/c1-7-12-36-24-19(28)13-18(14-21(24)35-6)23-22(25(34)30-20-11-9-10-15(3)16(20)4)17(5)29-26-31-27(37-8-2)32-33(23)26/h9-11,13-14,23H,7-8,12H2,1-6H3,(H,30,34)(H,29,31,32). The van der Waals surface area contributed by atoms with Crippen molar-refractivity contribution in [3.63, 3.8) is 0 Å². The normalized spacial score (nSPS) is 14.7. The number of anilines is 2. The lowest BCUT2D eigenvalue weighted by Gasteiger charge is -2.29. The summed E-state index contributed by atoms with van der Waals surface area (Å²) in [4.78, 5) is 18.5. The summed E-state index contributed by atoms with van der Waals surface area (Å²) in [5.41, 5.74) is 4.98. The summed E-state index contributed by atoms with van der Waals surface area (Å²) >= 11 is 5.21. The molecule has 1 atom stereocenters. The molecule has 10 heteroatoms. The quantitative estimate of drug-likeness (QED) is 0.277. The van der Waals surface area contributed by atoms with Crippen LogP contribution < -0.4 is 20.1 Å². The van der Waals surface area contributed by atoms with Crippen LogP contribution in [-0.2, 0) is 4.79 Å². The van der Waals surface area contributed by atoms with Gasteiger partial charge in [-0.1, -0.05) is 37.7 Å². The van der Waals surface area contributed by atoms with Gasteiger partial charge in [-0.05, 0) is 83.8 Å². The van der Waals surface area contributed by atoms with Gasteiger partial charge in [0.05, 0.1) is 23.8 Å². The zero-order valence-electron chi connectivity index (χ0n) is 21.9. The van der Waals surface area contributed by atoms with E-state index in [-0.39, 0.29) is 5.91 Å². The topological polar surface area (TPSA) is 90.3 Å². The molecular formula is C27H32BrN5O3S. The monoisotopic (exact) mass is 585 g/mol. The Balaban J connectivity index is 1.84. The van der Waals surface area contributed by atoms with E-state index in [1.807, 2.05) is 51.1 Å². The predicted octanol–water partition coefficient (Wildman–Crippen LogP) is 6.49. The molecule has 1 aliphatic rings. The Morgan fingerprint density at radius 3 is 2.73 bits per heavy atom. The van der Waals surface area contributed by atoms with Crippen LogP contribution in [0.2, 0.25) is 0 Å². The summed E-state index contributed by atoms with van der Waals surface area (Å²) in [6.07, 6.45) is 0.871. The van der Waals surface area contributed by atoms with E-state index in [4.69, 9.17) is 14.6 Å². The van der Waals surface area contributed by atoms with E-state index in [2.05, 4.69) is 45.4 Å². The zero-order valence-corrected chi connectivity index (χ0v) is 24.3. The predicted molar refractivity (Wildman–Crippen MR) is 152 cm³/mol. The summed E-state index contributed by atoms with van der Waals surface area (Å²) in [7, 11) is 1.61. The van der Waals surface area contributed by atoms with E-state index in [0.29, 0.717) is 40.5 Å². The highest BCUT2D eigenvalue weighted by molar-refractivity contribution is 9.10. The maximum absolute atomic E-state index is 13.9. The van der Waals surface area contributed by atoms with Gasteiger partial charge in [-0.15, -0.1) is 5.10 Å². The Bertz CT molecular complexity index is 1350. The van der Waals surface area contributed by atoms with Crippen LogP contribution in [0.15, 0.2) is 51.2 Å². The molecule has 0 spiro atoms. The van der Waals surface area contributed by atoms with Crippen molar-refractivity contribution in [1.29, 1.82) is 0 Å². The molecule has 3 aromatic rings. The number of halogens is 1. The lowest BCUT2D eigenvalue weighted by Crippen LogP contribution is -2.31. The first kappa shape index (κ1) is 27.1. The number of carbonyl (C=O) groups excluding carboxylic acids is 1. The number of allylic oxidation sites excluding steroid dienone is 1.